The van der Waals surface area contributed by atoms with Gasteiger partial charge in [0.2, 0.25) is 4.91 Å². The van der Waals surface area contributed by atoms with Crippen LogP contribution >= 0.6 is 0 Å². The van der Waals surface area contributed by atoms with Crippen molar-refractivity contribution in [1.82, 2.24) is 4.91 Å². The van der Waals surface area contributed by atoms with Crippen molar-refractivity contribution in [2.24, 2.45) is 4.52 Å². The predicted octanol–water partition coefficient (Wildman–Crippen LogP) is 0.956. The molecule has 0 aliphatic rings. The lowest BCUT2D eigenvalue weighted by molar-refractivity contribution is 0.594. The Morgan fingerprint density at radius 3 is 2.14 bits per heavy atom. The van der Waals surface area contributed by atoms with E-state index < -0.39 is 10.0 Å². The van der Waals surface area contributed by atoms with Crippen LogP contribution in [0, 0.1) is 16.3 Å². The van der Waals surface area contributed by atoms with Crippen LogP contribution in [-0.4, -0.2) is 8.42 Å². The van der Waals surface area contributed by atoms with Crippen molar-refractivity contribution in [3.05, 3.63) is 30.3 Å². The van der Waals surface area contributed by atoms with E-state index >= 15 is 0 Å². The van der Waals surface area contributed by atoms with Crippen molar-refractivity contribution in [1.29, 1.82) is 16.3 Å². The van der Waals surface area contributed by atoms with E-state index in [1.807, 2.05) is 0 Å². The van der Waals surface area contributed by atoms with Gasteiger partial charge in [0.15, 0.2) is 0 Å². The molecule has 0 saturated carbocycles. The summed E-state index contributed by atoms with van der Waals surface area (Å²) < 4.78 is 24.9. The van der Waals surface area contributed by atoms with Gasteiger partial charge in [0.05, 0.1) is 4.90 Å². The number of hydrogen-bond acceptors (Lipinski definition) is 5. The van der Waals surface area contributed by atoms with Crippen LogP contribution in [0.4, 0.5) is 0 Å². The fourth-order valence-corrected chi connectivity index (χ4v) is 1.40. The third-order valence-electron chi connectivity index (χ3n) is 1.19. The molecule has 0 saturated heterocycles. The normalized spacial score (nSPS) is 9.00. The van der Waals surface area contributed by atoms with Crippen LogP contribution in [0.5, 0.6) is 0 Å². The van der Waals surface area contributed by atoms with Crippen LogP contribution in [-0.2, 0) is 10.0 Å². The zero-order valence-corrected chi connectivity index (χ0v) is 7.72. The molecule has 14 heavy (non-hydrogen) atoms. The van der Waals surface area contributed by atoms with E-state index in [4.69, 9.17) is 16.3 Å². The molecule has 1 rings (SSSR count). The van der Waals surface area contributed by atoms with Crippen molar-refractivity contribution < 1.29 is 8.42 Å². The Kier molecular flexibility index (Phi) is 4.70. The van der Waals surface area contributed by atoms with Crippen LogP contribution in [0.2, 0.25) is 0 Å². The maximum absolute atomic E-state index is 11.1. The SMILES string of the molecule is N#N.N=[N+]=NS(=O)(=O)c1ccccc1. The summed E-state index contributed by atoms with van der Waals surface area (Å²) in [7, 11) is -3.74. The van der Waals surface area contributed by atoms with Gasteiger partial charge in [-0.3, -0.25) is 0 Å². The summed E-state index contributed by atoms with van der Waals surface area (Å²) in [5.41, 5.74) is 6.29. The van der Waals surface area contributed by atoms with Gasteiger partial charge in [0.1, 0.15) is 5.53 Å². The maximum Gasteiger partial charge on any atom is 0.355 e. The molecule has 0 aliphatic carbocycles. The van der Waals surface area contributed by atoms with Crippen LogP contribution < -0.4 is 4.91 Å². The van der Waals surface area contributed by atoms with Crippen LogP contribution in [0.25, 0.3) is 0 Å². The highest BCUT2D eigenvalue weighted by Gasteiger charge is 2.17. The number of nitrogens with zero attached hydrogens (tertiary/aromatic N) is 4. The third kappa shape index (κ3) is 3.10. The summed E-state index contributed by atoms with van der Waals surface area (Å²) in [6.45, 7) is 0. The molecule has 0 atom stereocenters. The number of hydrogen-bond donors (Lipinski definition) is 1. The zero-order valence-electron chi connectivity index (χ0n) is 6.90. The van der Waals surface area contributed by atoms with Gasteiger partial charge < -0.3 is 0 Å². The van der Waals surface area contributed by atoms with E-state index in [1.54, 1.807) is 18.2 Å². The molecule has 0 fully saturated rings. The van der Waals surface area contributed by atoms with E-state index in [0.717, 1.165) is 0 Å². The van der Waals surface area contributed by atoms with Gasteiger partial charge in [-0.2, -0.15) is 8.42 Å². The first-order chi connectivity index (χ1) is 6.67. The molecule has 1 N–H and O–H groups in total. The third-order valence-corrected chi connectivity index (χ3v) is 2.35. The van der Waals surface area contributed by atoms with Gasteiger partial charge in [-0.1, -0.05) is 18.2 Å². The van der Waals surface area contributed by atoms with Crippen molar-refractivity contribution >= 4 is 10.0 Å². The highest BCUT2D eigenvalue weighted by molar-refractivity contribution is 7.90. The predicted molar refractivity (Wildman–Crippen MR) is 44.4 cm³/mol. The quantitative estimate of drug-likeness (QED) is 0.444. The fourth-order valence-electron chi connectivity index (χ4n) is 0.693. The Balaban J connectivity index is 0.000000791. The minimum atomic E-state index is -3.74. The van der Waals surface area contributed by atoms with Gasteiger partial charge in [-0.15, -0.1) is 0 Å². The molecule has 0 bridgehead atoms. The monoisotopic (exact) mass is 212 g/mol. The molecule has 0 heterocycles. The molecule has 0 aromatic heterocycles. The van der Waals surface area contributed by atoms with Gasteiger partial charge in [-0.05, 0) is 12.1 Å². The largest absolute Gasteiger partial charge is 0.355 e. The Hall–Kier alpha value is -2.10. The van der Waals surface area contributed by atoms with Crippen molar-refractivity contribution in [3.8, 4) is 0 Å². The van der Waals surface area contributed by atoms with E-state index in [9.17, 15) is 8.42 Å². The Morgan fingerprint density at radius 1 is 1.21 bits per heavy atom. The van der Waals surface area contributed by atoms with E-state index in [1.165, 1.54) is 12.1 Å². The highest BCUT2D eigenvalue weighted by Crippen LogP contribution is 2.09. The molecular weight excluding hydrogens is 206 g/mol. The zero-order chi connectivity index (χ0) is 11.0. The molecule has 8 heteroatoms. The van der Waals surface area contributed by atoms with Crippen LogP contribution in [0.1, 0.15) is 0 Å². The molecule has 0 aliphatic heterocycles. The van der Waals surface area contributed by atoms with Crippen molar-refractivity contribution in [2.75, 3.05) is 0 Å². The smallest absolute Gasteiger partial charge is 0.193 e. The molecule has 0 spiro atoms. The average molecular weight is 212 g/mol. The van der Waals surface area contributed by atoms with Gasteiger partial charge >= 0.3 is 10.0 Å². The average Bonchev–Trinajstić information content (AvgIpc) is 2.22. The van der Waals surface area contributed by atoms with Crippen LogP contribution in [0.15, 0.2) is 39.7 Å². The second kappa shape index (κ2) is 5.53. The fraction of sp³-hybridized carbons (Fsp3) is 0. The first-order valence-corrected chi connectivity index (χ1v) is 4.69. The van der Waals surface area contributed by atoms with E-state index in [2.05, 4.69) is 9.43 Å². The summed E-state index contributed by atoms with van der Waals surface area (Å²) >= 11 is 0. The molecular formula is C6H6N5O2S+. The number of rotatable bonds is 2. The number of nitrogens with one attached hydrogen (secondary N) is 1. The minimum absolute atomic E-state index is 0.0426. The molecule has 0 amide bonds. The van der Waals surface area contributed by atoms with Gasteiger partial charge in [0.25, 0.3) is 4.52 Å². The second-order valence-corrected chi connectivity index (χ2v) is 3.55. The second-order valence-electron chi connectivity index (χ2n) is 1.97. The van der Waals surface area contributed by atoms with E-state index in [-0.39, 0.29) is 4.90 Å². The minimum Gasteiger partial charge on any atom is -0.193 e. The lowest BCUT2D eigenvalue weighted by atomic mass is 10.4. The summed E-state index contributed by atoms with van der Waals surface area (Å²) in [4.78, 5) is 2.51. The van der Waals surface area contributed by atoms with Gasteiger partial charge in [0, 0.05) is 10.8 Å². The Bertz CT molecular complexity index is 446. The Labute approximate surface area is 80.1 Å². The molecule has 7 nitrogen and oxygen atoms in total. The number of benzene rings is 1. The maximum atomic E-state index is 11.1. The summed E-state index contributed by atoms with van der Waals surface area (Å²) in [6.07, 6.45) is 0. The van der Waals surface area contributed by atoms with Crippen LogP contribution in [0.3, 0.4) is 0 Å². The summed E-state index contributed by atoms with van der Waals surface area (Å²) in [5.74, 6) is 0. The van der Waals surface area contributed by atoms with Crippen molar-refractivity contribution in [2.45, 2.75) is 4.90 Å². The molecule has 0 radical (unpaired) electrons. The molecule has 1 aromatic rings. The van der Waals surface area contributed by atoms with Crippen molar-refractivity contribution in [3.63, 3.8) is 0 Å². The first-order valence-electron chi connectivity index (χ1n) is 3.25. The summed E-state index contributed by atoms with van der Waals surface area (Å²) in [5, 5.41) is 12.0. The number of sulfonamides is 1. The first kappa shape index (κ1) is 11.9. The Morgan fingerprint density at radius 2 is 1.71 bits per heavy atom. The molecule has 0 unspecified atom stereocenters. The molecule has 72 valence electrons. The standard InChI is InChI=1S/C6H6N3O2S.N2/c7-8-9-12(10,11)6-4-2-1-3-5-6;1-2/h1-5,7H;/q+1;. The molecule has 1 aromatic carbocycles. The topological polar surface area (TPSA) is 132 Å². The lowest BCUT2D eigenvalue weighted by Gasteiger charge is -1.88. The van der Waals surface area contributed by atoms with Gasteiger partial charge in [-0.25, -0.2) is 0 Å². The van der Waals surface area contributed by atoms with E-state index in [0.29, 0.717) is 0 Å². The summed E-state index contributed by atoms with van der Waals surface area (Å²) in [6, 6.07) is 7.63. The lowest BCUT2D eigenvalue weighted by Crippen LogP contribution is -1.95. The highest BCUT2D eigenvalue weighted by atomic mass is 32.2.